The molecule has 0 bridgehead atoms. The molecule has 1 saturated heterocycles. The molecule has 3 rings (SSSR count). The predicted molar refractivity (Wildman–Crippen MR) is 108 cm³/mol. The second-order valence-corrected chi connectivity index (χ2v) is 7.53. The molecule has 0 saturated carbocycles. The maximum atomic E-state index is 12.7. The summed E-state index contributed by atoms with van der Waals surface area (Å²) in [5.74, 6) is 0.601. The van der Waals surface area contributed by atoms with Gasteiger partial charge in [0.25, 0.3) is 11.8 Å². The lowest BCUT2D eigenvalue weighted by atomic mass is 10.2. The summed E-state index contributed by atoms with van der Waals surface area (Å²) in [5, 5.41) is 0. The summed E-state index contributed by atoms with van der Waals surface area (Å²) in [4.78, 5) is 28.8. The highest BCUT2D eigenvalue weighted by Crippen LogP contribution is 2.27. The summed E-state index contributed by atoms with van der Waals surface area (Å²) in [7, 11) is 0. The molecule has 1 unspecified atom stereocenters. The Balaban J connectivity index is 1.55. The number of ether oxygens (including phenoxy) is 1. The smallest absolute Gasteiger partial charge is 0.263 e. The Kier molecular flexibility index (Phi) is 6.16. The van der Waals surface area contributed by atoms with Gasteiger partial charge in [-0.15, -0.1) is 0 Å². The number of benzene rings is 2. The lowest BCUT2D eigenvalue weighted by Crippen LogP contribution is -2.53. The number of carbonyl (C=O) groups excluding carboxylic acids is 2. The third-order valence-electron chi connectivity index (χ3n) is 4.64. The molecule has 0 N–H and O–H groups in total. The van der Waals surface area contributed by atoms with Gasteiger partial charge in [-0.3, -0.25) is 9.59 Å². The first-order valence-corrected chi connectivity index (χ1v) is 9.81. The molecule has 1 aliphatic heterocycles. The van der Waals surface area contributed by atoms with Gasteiger partial charge in [0.2, 0.25) is 0 Å². The molecule has 142 valence electrons. The van der Waals surface area contributed by atoms with Crippen molar-refractivity contribution in [2.45, 2.75) is 20.0 Å². The van der Waals surface area contributed by atoms with E-state index in [1.54, 1.807) is 16.7 Å². The SMILES string of the molecule is Cc1ccc(OC(C)C(=O)N2CCN(C(=O)c3ccccc3)CC2)c(Br)c1. The van der Waals surface area contributed by atoms with Crippen LogP contribution in [0.5, 0.6) is 5.75 Å². The van der Waals surface area contributed by atoms with Crippen molar-refractivity contribution in [3.8, 4) is 5.75 Å². The molecule has 2 aromatic rings. The first-order chi connectivity index (χ1) is 13.0. The Hall–Kier alpha value is -2.34. The highest BCUT2D eigenvalue weighted by atomic mass is 79.9. The first kappa shape index (κ1) is 19.4. The van der Waals surface area contributed by atoms with Crippen LogP contribution in [0, 0.1) is 6.92 Å². The quantitative estimate of drug-likeness (QED) is 0.745. The van der Waals surface area contributed by atoms with E-state index >= 15 is 0 Å². The van der Waals surface area contributed by atoms with Crippen molar-refractivity contribution in [3.05, 3.63) is 64.1 Å². The van der Waals surface area contributed by atoms with Gasteiger partial charge < -0.3 is 14.5 Å². The van der Waals surface area contributed by atoms with Crippen molar-refractivity contribution in [1.29, 1.82) is 0 Å². The van der Waals surface area contributed by atoms with Gasteiger partial charge >= 0.3 is 0 Å². The maximum absolute atomic E-state index is 12.7. The van der Waals surface area contributed by atoms with Crippen LogP contribution in [0.1, 0.15) is 22.8 Å². The summed E-state index contributed by atoms with van der Waals surface area (Å²) in [6, 6.07) is 15.0. The number of piperazine rings is 1. The number of amides is 2. The van der Waals surface area contributed by atoms with E-state index in [1.165, 1.54) is 0 Å². The van der Waals surface area contributed by atoms with Gasteiger partial charge in [-0.05, 0) is 59.6 Å². The van der Waals surface area contributed by atoms with Crippen molar-refractivity contribution < 1.29 is 14.3 Å². The van der Waals surface area contributed by atoms with Crippen LogP contribution in [-0.2, 0) is 4.79 Å². The highest BCUT2D eigenvalue weighted by Gasteiger charge is 2.28. The Bertz CT molecular complexity index is 817. The molecular formula is C21H23BrN2O3. The molecule has 27 heavy (non-hydrogen) atoms. The Morgan fingerprint density at radius 2 is 1.63 bits per heavy atom. The average molecular weight is 431 g/mol. The van der Waals surface area contributed by atoms with E-state index < -0.39 is 6.10 Å². The first-order valence-electron chi connectivity index (χ1n) is 9.01. The highest BCUT2D eigenvalue weighted by molar-refractivity contribution is 9.10. The van der Waals surface area contributed by atoms with E-state index in [4.69, 9.17) is 4.74 Å². The van der Waals surface area contributed by atoms with Crippen molar-refractivity contribution in [3.63, 3.8) is 0 Å². The summed E-state index contributed by atoms with van der Waals surface area (Å²) in [5.41, 5.74) is 1.80. The van der Waals surface area contributed by atoms with E-state index in [9.17, 15) is 9.59 Å². The Morgan fingerprint density at radius 3 is 2.26 bits per heavy atom. The van der Waals surface area contributed by atoms with Crippen LogP contribution in [0.25, 0.3) is 0 Å². The summed E-state index contributed by atoms with van der Waals surface area (Å²) in [6.45, 7) is 5.84. The fourth-order valence-corrected chi connectivity index (χ4v) is 3.68. The topological polar surface area (TPSA) is 49.9 Å². The summed E-state index contributed by atoms with van der Waals surface area (Å²) in [6.07, 6.45) is -0.583. The molecule has 6 heteroatoms. The van der Waals surface area contributed by atoms with Crippen LogP contribution < -0.4 is 4.74 Å². The van der Waals surface area contributed by atoms with Gasteiger partial charge in [-0.2, -0.15) is 0 Å². The lowest BCUT2D eigenvalue weighted by molar-refractivity contribution is -0.139. The molecule has 0 radical (unpaired) electrons. The normalized spacial score (nSPS) is 15.4. The average Bonchev–Trinajstić information content (AvgIpc) is 2.69. The van der Waals surface area contributed by atoms with E-state index in [1.807, 2.05) is 55.5 Å². The van der Waals surface area contributed by atoms with Crippen molar-refractivity contribution >= 4 is 27.7 Å². The van der Waals surface area contributed by atoms with Gasteiger partial charge in [0.1, 0.15) is 5.75 Å². The molecule has 2 aromatic carbocycles. The van der Waals surface area contributed by atoms with Crippen molar-refractivity contribution in [1.82, 2.24) is 9.80 Å². The largest absolute Gasteiger partial charge is 0.480 e. The molecule has 0 aliphatic carbocycles. The van der Waals surface area contributed by atoms with E-state index in [0.717, 1.165) is 10.0 Å². The summed E-state index contributed by atoms with van der Waals surface area (Å²) >= 11 is 3.47. The van der Waals surface area contributed by atoms with Crippen LogP contribution >= 0.6 is 15.9 Å². The number of aryl methyl sites for hydroxylation is 1. The lowest BCUT2D eigenvalue weighted by Gasteiger charge is -2.36. The molecule has 1 atom stereocenters. The maximum Gasteiger partial charge on any atom is 0.263 e. The van der Waals surface area contributed by atoms with Gasteiger partial charge in [0, 0.05) is 31.7 Å². The number of hydrogen-bond donors (Lipinski definition) is 0. The van der Waals surface area contributed by atoms with Crippen molar-refractivity contribution in [2.75, 3.05) is 26.2 Å². The fraction of sp³-hybridized carbons (Fsp3) is 0.333. The van der Waals surface area contributed by atoms with Crippen LogP contribution in [0.2, 0.25) is 0 Å². The molecule has 1 aliphatic rings. The van der Waals surface area contributed by atoms with Crippen LogP contribution in [0.15, 0.2) is 53.0 Å². The van der Waals surface area contributed by atoms with Crippen LogP contribution in [0.3, 0.4) is 0 Å². The third-order valence-corrected chi connectivity index (χ3v) is 5.26. The van der Waals surface area contributed by atoms with Crippen LogP contribution in [0.4, 0.5) is 0 Å². The standard InChI is InChI=1S/C21H23BrN2O3/c1-15-8-9-19(18(22)14-15)27-16(2)20(25)23-10-12-24(13-11-23)21(26)17-6-4-3-5-7-17/h3-9,14,16H,10-13H2,1-2H3. The van der Waals surface area contributed by atoms with Crippen molar-refractivity contribution in [2.24, 2.45) is 0 Å². The van der Waals surface area contributed by atoms with Crippen LogP contribution in [-0.4, -0.2) is 53.9 Å². The van der Waals surface area contributed by atoms with Gasteiger partial charge in [-0.1, -0.05) is 24.3 Å². The minimum absolute atomic E-state index is 0.00980. The third kappa shape index (κ3) is 4.69. The minimum atomic E-state index is -0.583. The van der Waals surface area contributed by atoms with E-state index in [-0.39, 0.29) is 11.8 Å². The second-order valence-electron chi connectivity index (χ2n) is 6.68. The zero-order valence-electron chi connectivity index (χ0n) is 15.5. The number of nitrogens with zero attached hydrogens (tertiary/aromatic N) is 2. The Morgan fingerprint density at radius 1 is 1.00 bits per heavy atom. The monoisotopic (exact) mass is 430 g/mol. The number of rotatable bonds is 4. The van der Waals surface area contributed by atoms with Gasteiger partial charge in [-0.25, -0.2) is 0 Å². The molecule has 1 heterocycles. The van der Waals surface area contributed by atoms with Gasteiger partial charge in [0.15, 0.2) is 6.10 Å². The van der Waals surface area contributed by atoms with E-state index in [2.05, 4.69) is 15.9 Å². The van der Waals surface area contributed by atoms with E-state index in [0.29, 0.717) is 37.5 Å². The Labute approximate surface area is 168 Å². The number of halogens is 1. The zero-order valence-corrected chi connectivity index (χ0v) is 17.1. The number of carbonyl (C=O) groups is 2. The molecular weight excluding hydrogens is 408 g/mol. The summed E-state index contributed by atoms with van der Waals surface area (Å²) < 4.78 is 6.67. The fourth-order valence-electron chi connectivity index (χ4n) is 3.09. The zero-order chi connectivity index (χ0) is 19.4. The molecule has 1 fully saturated rings. The molecule has 0 aromatic heterocycles. The molecule has 2 amide bonds. The molecule has 0 spiro atoms. The predicted octanol–water partition coefficient (Wildman–Crippen LogP) is 3.51. The number of hydrogen-bond acceptors (Lipinski definition) is 3. The molecule has 5 nitrogen and oxygen atoms in total. The second kappa shape index (κ2) is 8.57. The minimum Gasteiger partial charge on any atom is -0.480 e. The van der Waals surface area contributed by atoms with Gasteiger partial charge in [0.05, 0.1) is 4.47 Å².